The van der Waals surface area contributed by atoms with E-state index >= 15 is 0 Å². The molecule has 128 valence electrons. The molecule has 2 aromatic carbocycles. The van der Waals surface area contributed by atoms with Crippen LogP contribution >= 0.6 is 11.6 Å². The fourth-order valence-corrected chi connectivity index (χ4v) is 2.45. The Labute approximate surface area is 149 Å². The molecule has 1 aliphatic carbocycles. The van der Waals surface area contributed by atoms with Crippen molar-refractivity contribution in [3.63, 3.8) is 0 Å². The van der Waals surface area contributed by atoms with Gasteiger partial charge in [-0.3, -0.25) is 9.59 Å². The molecule has 1 fully saturated rings. The third-order valence-electron chi connectivity index (χ3n) is 3.77. The quantitative estimate of drug-likeness (QED) is 0.637. The molecule has 0 saturated heterocycles. The molecule has 2 aromatic rings. The predicted octanol–water partition coefficient (Wildman–Crippen LogP) is 3.01. The summed E-state index contributed by atoms with van der Waals surface area (Å²) in [5, 5.41) is 3.25. The van der Waals surface area contributed by atoms with Gasteiger partial charge in [0.1, 0.15) is 0 Å². The number of ketones is 1. The summed E-state index contributed by atoms with van der Waals surface area (Å²) in [5.74, 6) is -1.35. The van der Waals surface area contributed by atoms with Crippen molar-refractivity contribution in [3.8, 4) is 0 Å². The smallest absolute Gasteiger partial charge is 0.339 e. The summed E-state index contributed by atoms with van der Waals surface area (Å²) >= 11 is 5.83. The molecule has 1 amide bonds. The van der Waals surface area contributed by atoms with Crippen LogP contribution in [0.1, 0.15) is 39.1 Å². The summed E-state index contributed by atoms with van der Waals surface area (Å²) in [6.07, 6.45) is 1.91. The number of amides is 1. The number of esters is 1. The summed E-state index contributed by atoms with van der Waals surface area (Å²) in [7, 11) is 0. The van der Waals surface area contributed by atoms with Gasteiger partial charge in [-0.2, -0.15) is 0 Å². The van der Waals surface area contributed by atoms with E-state index in [2.05, 4.69) is 5.32 Å². The van der Waals surface area contributed by atoms with Gasteiger partial charge in [0.15, 0.2) is 12.4 Å². The van der Waals surface area contributed by atoms with Gasteiger partial charge >= 0.3 is 5.97 Å². The molecule has 0 radical (unpaired) electrons. The van der Waals surface area contributed by atoms with Gasteiger partial charge in [-0.05, 0) is 43.2 Å². The molecule has 3 rings (SSSR count). The van der Waals surface area contributed by atoms with Gasteiger partial charge in [-0.25, -0.2) is 4.79 Å². The SMILES string of the molecule is O=C(COC(=O)c1ccccc1C(=O)c1ccc(Cl)cc1)NC1CC1. The minimum atomic E-state index is -0.705. The molecule has 1 aliphatic rings. The van der Waals surface area contributed by atoms with Crippen molar-refractivity contribution >= 4 is 29.3 Å². The highest BCUT2D eigenvalue weighted by atomic mass is 35.5. The first-order valence-corrected chi connectivity index (χ1v) is 8.28. The van der Waals surface area contributed by atoms with Crippen LogP contribution in [0.2, 0.25) is 5.02 Å². The number of carbonyl (C=O) groups excluding carboxylic acids is 3. The van der Waals surface area contributed by atoms with E-state index in [1.165, 1.54) is 6.07 Å². The van der Waals surface area contributed by atoms with Crippen LogP contribution in [0.4, 0.5) is 0 Å². The molecule has 1 saturated carbocycles. The van der Waals surface area contributed by atoms with Gasteiger partial charge in [-0.1, -0.05) is 29.8 Å². The van der Waals surface area contributed by atoms with Crippen LogP contribution in [0, 0.1) is 0 Å². The van der Waals surface area contributed by atoms with E-state index in [0.29, 0.717) is 10.6 Å². The zero-order valence-electron chi connectivity index (χ0n) is 13.3. The molecular weight excluding hydrogens is 342 g/mol. The second-order valence-electron chi connectivity index (χ2n) is 5.80. The Bertz CT molecular complexity index is 812. The van der Waals surface area contributed by atoms with Crippen LogP contribution in [0.25, 0.3) is 0 Å². The van der Waals surface area contributed by atoms with E-state index in [1.54, 1.807) is 42.5 Å². The fourth-order valence-electron chi connectivity index (χ4n) is 2.32. The monoisotopic (exact) mass is 357 g/mol. The highest BCUT2D eigenvalue weighted by Gasteiger charge is 2.24. The Morgan fingerprint density at radius 1 is 1.00 bits per heavy atom. The molecule has 6 heteroatoms. The molecule has 0 spiro atoms. The summed E-state index contributed by atoms with van der Waals surface area (Å²) in [6, 6.07) is 13.0. The Morgan fingerprint density at radius 2 is 1.64 bits per heavy atom. The number of hydrogen-bond acceptors (Lipinski definition) is 4. The minimum absolute atomic E-state index is 0.127. The zero-order chi connectivity index (χ0) is 17.8. The number of hydrogen-bond donors (Lipinski definition) is 1. The Morgan fingerprint density at radius 3 is 2.28 bits per heavy atom. The highest BCUT2D eigenvalue weighted by molar-refractivity contribution is 6.30. The van der Waals surface area contributed by atoms with Crippen molar-refractivity contribution in [2.45, 2.75) is 18.9 Å². The minimum Gasteiger partial charge on any atom is -0.452 e. The van der Waals surface area contributed by atoms with Gasteiger partial charge < -0.3 is 10.1 Å². The average molecular weight is 358 g/mol. The Hall–Kier alpha value is -2.66. The number of carbonyl (C=O) groups is 3. The molecule has 0 aliphatic heterocycles. The number of halogens is 1. The lowest BCUT2D eigenvalue weighted by Crippen LogP contribution is -2.30. The highest BCUT2D eigenvalue weighted by Crippen LogP contribution is 2.19. The summed E-state index contributed by atoms with van der Waals surface area (Å²) < 4.78 is 5.04. The van der Waals surface area contributed by atoms with E-state index in [-0.39, 0.29) is 35.5 Å². The maximum atomic E-state index is 12.6. The van der Waals surface area contributed by atoms with E-state index in [0.717, 1.165) is 12.8 Å². The lowest BCUT2D eigenvalue weighted by atomic mass is 9.98. The lowest BCUT2D eigenvalue weighted by molar-refractivity contribution is -0.124. The normalized spacial score (nSPS) is 13.2. The van der Waals surface area contributed by atoms with Crippen LogP contribution in [-0.4, -0.2) is 30.3 Å². The second kappa shape index (κ2) is 7.49. The lowest BCUT2D eigenvalue weighted by Gasteiger charge is -2.09. The number of ether oxygens (including phenoxy) is 1. The second-order valence-corrected chi connectivity index (χ2v) is 6.24. The van der Waals surface area contributed by atoms with Gasteiger partial charge in [0, 0.05) is 22.2 Å². The van der Waals surface area contributed by atoms with Crippen molar-refractivity contribution in [2.75, 3.05) is 6.61 Å². The van der Waals surface area contributed by atoms with Crippen LogP contribution in [-0.2, 0) is 9.53 Å². The van der Waals surface area contributed by atoms with Crippen molar-refractivity contribution < 1.29 is 19.1 Å². The van der Waals surface area contributed by atoms with E-state index in [9.17, 15) is 14.4 Å². The molecular formula is C19H16ClNO4. The first-order valence-electron chi connectivity index (χ1n) is 7.90. The molecule has 25 heavy (non-hydrogen) atoms. The first-order chi connectivity index (χ1) is 12.0. The van der Waals surface area contributed by atoms with Gasteiger partial charge in [0.2, 0.25) is 0 Å². The molecule has 0 unspecified atom stereocenters. The average Bonchev–Trinajstić information content (AvgIpc) is 3.43. The third kappa shape index (κ3) is 4.45. The molecule has 0 heterocycles. The van der Waals surface area contributed by atoms with Crippen molar-refractivity contribution in [2.24, 2.45) is 0 Å². The van der Waals surface area contributed by atoms with Crippen LogP contribution in [0.5, 0.6) is 0 Å². The van der Waals surface area contributed by atoms with Crippen molar-refractivity contribution in [1.82, 2.24) is 5.32 Å². The topological polar surface area (TPSA) is 72.5 Å². The number of rotatable bonds is 6. The van der Waals surface area contributed by atoms with Crippen molar-refractivity contribution in [3.05, 3.63) is 70.2 Å². The number of benzene rings is 2. The Balaban J connectivity index is 1.73. The molecule has 5 nitrogen and oxygen atoms in total. The largest absolute Gasteiger partial charge is 0.452 e. The third-order valence-corrected chi connectivity index (χ3v) is 4.03. The summed E-state index contributed by atoms with van der Waals surface area (Å²) in [4.78, 5) is 36.6. The zero-order valence-corrected chi connectivity index (χ0v) is 14.1. The van der Waals surface area contributed by atoms with Crippen LogP contribution < -0.4 is 5.32 Å². The summed E-state index contributed by atoms with van der Waals surface area (Å²) in [5.41, 5.74) is 0.759. The van der Waals surface area contributed by atoms with Crippen molar-refractivity contribution in [1.29, 1.82) is 0 Å². The first kappa shape index (κ1) is 17.2. The summed E-state index contributed by atoms with van der Waals surface area (Å²) in [6.45, 7) is -0.362. The van der Waals surface area contributed by atoms with Gasteiger partial charge in [0.25, 0.3) is 5.91 Å². The molecule has 1 N–H and O–H groups in total. The van der Waals surface area contributed by atoms with Crippen LogP contribution in [0.3, 0.4) is 0 Å². The molecule has 0 atom stereocenters. The molecule has 0 aromatic heterocycles. The van der Waals surface area contributed by atoms with Gasteiger partial charge in [-0.15, -0.1) is 0 Å². The van der Waals surface area contributed by atoms with E-state index < -0.39 is 5.97 Å². The van der Waals surface area contributed by atoms with E-state index in [1.807, 2.05) is 0 Å². The van der Waals surface area contributed by atoms with Gasteiger partial charge in [0.05, 0.1) is 5.56 Å². The maximum absolute atomic E-state index is 12.6. The maximum Gasteiger partial charge on any atom is 0.339 e. The Kier molecular flexibility index (Phi) is 5.14. The molecule has 0 bridgehead atoms. The fraction of sp³-hybridized carbons (Fsp3) is 0.211. The van der Waals surface area contributed by atoms with E-state index in [4.69, 9.17) is 16.3 Å². The number of nitrogens with one attached hydrogen (secondary N) is 1. The standard InChI is InChI=1S/C19H16ClNO4/c20-13-7-5-12(6-8-13)18(23)15-3-1-2-4-16(15)19(24)25-11-17(22)21-14-9-10-14/h1-8,14H,9-11H2,(H,21,22). The predicted molar refractivity (Wildman–Crippen MR) is 92.8 cm³/mol. The van der Waals surface area contributed by atoms with Crippen LogP contribution in [0.15, 0.2) is 48.5 Å².